The van der Waals surface area contributed by atoms with Crippen LogP contribution in [0, 0.1) is 10.1 Å². The zero-order valence-corrected chi connectivity index (χ0v) is 5.95. The van der Waals surface area contributed by atoms with Crippen molar-refractivity contribution in [2.45, 2.75) is 31.9 Å². The van der Waals surface area contributed by atoms with Crippen LogP contribution >= 0.6 is 0 Å². The van der Waals surface area contributed by atoms with E-state index in [1.54, 1.807) is 0 Å². The molecule has 10 heavy (non-hydrogen) atoms. The molecule has 58 valence electrons. The van der Waals surface area contributed by atoms with Gasteiger partial charge in [0.15, 0.2) is 0 Å². The van der Waals surface area contributed by atoms with Gasteiger partial charge in [0, 0.05) is 17.8 Å². The highest BCUT2D eigenvalue weighted by molar-refractivity contribution is 4.66. The maximum absolute atomic E-state index is 10.2. The van der Waals surface area contributed by atoms with Gasteiger partial charge in [0.05, 0.1) is 12.7 Å². The first-order valence-corrected chi connectivity index (χ1v) is 3.45. The molecular formula is C6H11NO3. The Morgan fingerprint density at radius 3 is 2.80 bits per heavy atom. The van der Waals surface area contributed by atoms with E-state index in [9.17, 15) is 10.1 Å². The van der Waals surface area contributed by atoms with Crippen molar-refractivity contribution in [1.82, 2.24) is 0 Å². The molecule has 1 fully saturated rings. The second-order valence-corrected chi connectivity index (χ2v) is 2.64. The van der Waals surface area contributed by atoms with Gasteiger partial charge in [-0.2, -0.15) is 0 Å². The summed E-state index contributed by atoms with van der Waals surface area (Å²) in [6.07, 6.45) is 1.19. The first-order chi connectivity index (χ1) is 4.70. The zero-order valence-electron chi connectivity index (χ0n) is 5.95. The van der Waals surface area contributed by atoms with Crippen molar-refractivity contribution in [2.24, 2.45) is 0 Å². The Labute approximate surface area is 59.3 Å². The quantitative estimate of drug-likeness (QED) is 0.405. The molecule has 0 aliphatic carbocycles. The predicted molar refractivity (Wildman–Crippen MR) is 35.4 cm³/mol. The van der Waals surface area contributed by atoms with E-state index in [1.165, 1.54) is 0 Å². The number of nitrogens with zero attached hydrogens (tertiary/aromatic N) is 1. The van der Waals surface area contributed by atoms with Crippen LogP contribution in [0.5, 0.6) is 0 Å². The summed E-state index contributed by atoms with van der Waals surface area (Å²) in [6, 6.07) is -0.372. The van der Waals surface area contributed by atoms with E-state index in [1.807, 2.05) is 6.92 Å². The molecule has 0 saturated carbocycles. The van der Waals surface area contributed by atoms with E-state index in [0.717, 1.165) is 0 Å². The molecule has 1 heterocycles. The summed E-state index contributed by atoms with van der Waals surface area (Å²) in [4.78, 5) is 10.0. The van der Waals surface area contributed by atoms with Crippen molar-refractivity contribution in [1.29, 1.82) is 0 Å². The molecule has 4 heteroatoms. The second-order valence-electron chi connectivity index (χ2n) is 2.64. The average molecular weight is 145 g/mol. The smallest absolute Gasteiger partial charge is 0.217 e. The fourth-order valence-electron chi connectivity index (χ4n) is 1.17. The molecule has 0 N–H and O–H groups in total. The van der Waals surface area contributed by atoms with Crippen molar-refractivity contribution >= 4 is 0 Å². The Balaban J connectivity index is 2.39. The van der Waals surface area contributed by atoms with Gasteiger partial charge in [-0.3, -0.25) is 10.1 Å². The average Bonchev–Trinajstić information content (AvgIpc) is 1.88. The molecule has 0 radical (unpaired) electrons. The lowest BCUT2D eigenvalue weighted by Crippen LogP contribution is -2.32. The van der Waals surface area contributed by atoms with Crippen LogP contribution in [0.15, 0.2) is 0 Å². The van der Waals surface area contributed by atoms with E-state index in [-0.39, 0.29) is 17.1 Å². The number of ether oxygens (including phenoxy) is 1. The minimum atomic E-state index is -0.372. The monoisotopic (exact) mass is 145 g/mol. The van der Waals surface area contributed by atoms with Crippen molar-refractivity contribution in [2.75, 3.05) is 6.61 Å². The summed E-state index contributed by atoms with van der Waals surface area (Å²) < 4.78 is 5.15. The standard InChI is InChI=1S/C6H11NO3/c1-5-4-6(7(8)9)2-3-10-5/h5-6H,2-4H2,1H3. The summed E-state index contributed by atoms with van der Waals surface area (Å²) in [7, 11) is 0. The number of hydrogen-bond acceptors (Lipinski definition) is 3. The van der Waals surface area contributed by atoms with Gasteiger partial charge in [-0.05, 0) is 6.92 Å². The molecule has 1 aliphatic heterocycles. The molecule has 1 rings (SSSR count). The van der Waals surface area contributed by atoms with Crippen LogP contribution in [-0.2, 0) is 4.74 Å². The number of hydrogen-bond donors (Lipinski definition) is 0. The van der Waals surface area contributed by atoms with Crippen molar-refractivity contribution in [3.05, 3.63) is 10.1 Å². The molecule has 0 amide bonds. The lowest BCUT2D eigenvalue weighted by atomic mass is 10.1. The lowest BCUT2D eigenvalue weighted by molar-refractivity contribution is -0.530. The first-order valence-electron chi connectivity index (χ1n) is 3.45. The summed E-state index contributed by atoms with van der Waals surface area (Å²) in [6.45, 7) is 2.41. The Bertz CT molecular complexity index is 137. The molecule has 1 saturated heterocycles. The van der Waals surface area contributed by atoms with Crippen molar-refractivity contribution in [3.8, 4) is 0 Å². The van der Waals surface area contributed by atoms with Gasteiger partial charge in [0.25, 0.3) is 0 Å². The maximum Gasteiger partial charge on any atom is 0.217 e. The van der Waals surface area contributed by atoms with Crippen molar-refractivity contribution in [3.63, 3.8) is 0 Å². The second kappa shape index (κ2) is 2.96. The first kappa shape index (κ1) is 7.47. The van der Waals surface area contributed by atoms with Crippen LogP contribution in [0.4, 0.5) is 0 Å². The molecule has 4 nitrogen and oxygen atoms in total. The highest BCUT2D eigenvalue weighted by Crippen LogP contribution is 2.14. The number of nitro groups is 1. The Morgan fingerprint density at radius 1 is 1.70 bits per heavy atom. The van der Waals surface area contributed by atoms with E-state index in [0.29, 0.717) is 19.4 Å². The van der Waals surface area contributed by atoms with E-state index in [2.05, 4.69) is 0 Å². The highest BCUT2D eigenvalue weighted by atomic mass is 16.6. The van der Waals surface area contributed by atoms with Crippen LogP contribution in [-0.4, -0.2) is 23.7 Å². The van der Waals surface area contributed by atoms with Crippen LogP contribution in [0.2, 0.25) is 0 Å². The molecule has 1 aliphatic rings. The van der Waals surface area contributed by atoms with Crippen molar-refractivity contribution < 1.29 is 9.66 Å². The summed E-state index contributed by atoms with van der Waals surface area (Å²) in [5.74, 6) is 0. The van der Waals surface area contributed by atoms with E-state index < -0.39 is 0 Å². The normalized spacial score (nSPS) is 33.7. The largest absolute Gasteiger partial charge is 0.378 e. The molecule has 0 spiro atoms. The topological polar surface area (TPSA) is 52.4 Å². The van der Waals surface area contributed by atoms with Gasteiger partial charge >= 0.3 is 0 Å². The third-order valence-electron chi connectivity index (χ3n) is 1.76. The van der Waals surface area contributed by atoms with Crippen LogP contribution < -0.4 is 0 Å². The summed E-state index contributed by atoms with van der Waals surface area (Å²) >= 11 is 0. The molecule has 0 aromatic heterocycles. The minimum Gasteiger partial charge on any atom is -0.378 e. The van der Waals surface area contributed by atoms with Gasteiger partial charge in [-0.25, -0.2) is 0 Å². The minimum absolute atomic E-state index is 0.0594. The van der Waals surface area contributed by atoms with Gasteiger partial charge in [0.2, 0.25) is 6.04 Å². The predicted octanol–water partition coefficient (Wildman–Crippen LogP) is 0.831. The molecule has 2 unspecified atom stereocenters. The lowest BCUT2D eigenvalue weighted by Gasteiger charge is -2.21. The fraction of sp³-hybridized carbons (Fsp3) is 1.00. The third-order valence-corrected chi connectivity index (χ3v) is 1.76. The fourth-order valence-corrected chi connectivity index (χ4v) is 1.17. The zero-order chi connectivity index (χ0) is 7.56. The molecular weight excluding hydrogens is 134 g/mol. The Hall–Kier alpha value is -0.640. The van der Waals surface area contributed by atoms with E-state index >= 15 is 0 Å². The van der Waals surface area contributed by atoms with Gasteiger partial charge in [-0.1, -0.05) is 0 Å². The number of rotatable bonds is 1. The third kappa shape index (κ3) is 1.67. The van der Waals surface area contributed by atoms with Gasteiger partial charge in [0.1, 0.15) is 0 Å². The van der Waals surface area contributed by atoms with Crippen LogP contribution in [0.3, 0.4) is 0 Å². The molecule has 0 aromatic rings. The molecule has 0 bridgehead atoms. The van der Waals surface area contributed by atoms with Crippen LogP contribution in [0.1, 0.15) is 19.8 Å². The van der Waals surface area contributed by atoms with E-state index in [4.69, 9.17) is 4.74 Å². The van der Waals surface area contributed by atoms with Gasteiger partial charge in [-0.15, -0.1) is 0 Å². The molecule has 2 atom stereocenters. The Morgan fingerprint density at radius 2 is 2.40 bits per heavy atom. The molecule has 0 aromatic carbocycles. The Kier molecular flexibility index (Phi) is 2.21. The highest BCUT2D eigenvalue weighted by Gasteiger charge is 2.27. The maximum atomic E-state index is 10.2. The van der Waals surface area contributed by atoms with Crippen LogP contribution in [0.25, 0.3) is 0 Å². The van der Waals surface area contributed by atoms with Gasteiger partial charge < -0.3 is 4.74 Å². The summed E-state index contributed by atoms with van der Waals surface area (Å²) in [5, 5.41) is 10.2. The SMILES string of the molecule is CC1CC([N+](=O)[O-])CCO1. The summed E-state index contributed by atoms with van der Waals surface area (Å²) in [5.41, 5.74) is 0.